The van der Waals surface area contributed by atoms with Crippen LogP contribution in [0.3, 0.4) is 0 Å². The van der Waals surface area contributed by atoms with Crippen molar-refractivity contribution in [3.63, 3.8) is 0 Å². The number of hydrogen-bond donors (Lipinski definition) is 1. The van der Waals surface area contributed by atoms with E-state index < -0.39 is 0 Å². The summed E-state index contributed by atoms with van der Waals surface area (Å²) in [4.78, 5) is 11.2. The van der Waals surface area contributed by atoms with Crippen LogP contribution in [-0.2, 0) is 16.0 Å². The second-order valence-corrected chi connectivity index (χ2v) is 8.80. The number of aryl methyl sites for hydroxylation is 1. The number of carbonyl (C=O) groups is 1. The van der Waals surface area contributed by atoms with Crippen LogP contribution in [0.4, 0.5) is 0 Å². The van der Waals surface area contributed by atoms with Gasteiger partial charge in [0.25, 0.3) is 0 Å². The molecular weight excluding hydrogens is 384 g/mol. The number of rotatable bonds is 12. The van der Waals surface area contributed by atoms with Crippen molar-refractivity contribution in [2.24, 2.45) is 5.92 Å². The molecule has 29 heavy (non-hydrogen) atoms. The molecule has 0 spiro atoms. The molecule has 0 bridgehead atoms. The van der Waals surface area contributed by atoms with Gasteiger partial charge in [-0.3, -0.25) is 4.79 Å². The predicted octanol–water partition coefficient (Wildman–Crippen LogP) is 6.17. The molecule has 1 aromatic rings. The number of methoxy groups -OCH3 is 1. The van der Waals surface area contributed by atoms with Crippen molar-refractivity contribution in [2.75, 3.05) is 7.11 Å². The summed E-state index contributed by atoms with van der Waals surface area (Å²) >= 11 is 6.59. The molecule has 1 aromatic carbocycles. The van der Waals surface area contributed by atoms with E-state index in [1.165, 1.54) is 43.9 Å². The Labute approximate surface area is 181 Å². The predicted molar refractivity (Wildman–Crippen MR) is 120 cm³/mol. The molecule has 3 nitrogen and oxygen atoms in total. The Morgan fingerprint density at radius 1 is 1.17 bits per heavy atom. The lowest BCUT2D eigenvalue weighted by atomic mass is 9.85. The van der Waals surface area contributed by atoms with Gasteiger partial charge in [-0.2, -0.15) is 0 Å². The standard InChI is InChI=1S/C25H37ClO3/c1-3-4-5-8-11-19-14-16-20(17-15-19)25-21(22(26)18-23(25)27)12-9-6-7-10-13-24(28)29-2/h6,9,14-17,21-23,25,27H,3-5,7-8,10-13,18H2,1-2H3/b9-6-/t21?,22-,23-,25-/m1/s1. The summed E-state index contributed by atoms with van der Waals surface area (Å²) in [5, 5.41) is 10.6. The SMILES string of the molecule is CCCCCCc1ccc([C@@H]2C(C/C=C\CCCC(=O)OC)[C@H](Cl)C[C@H]2O)cc1. The van der Waals surface area contributed by atoms with Crippen molar-refractivity contribution < 1.29 is 14.6 Å². The fraction of sp³-hybridized carbons (Fsp3) is 0.640. The third-order valence-corrected chi connectivity index (χ3v) is 6.55. The Morgan fingerprint density at radius 2 is 1.93 bits per heavy atom. The van der Waals surface area contributed by atoms with Crippen LogP contribution in [0.2, 0.25) is 0 Å². The second kappa shape index (κ2) is 13.1. The molecule has 162 valence electrons. The van der Waals surface area contributed by atoms with Crippen molar-refractivity contribution in [2.45, 2.75) is 88.5 Å². The zero-order valence-electron chi connectivity index (χ0n) is 18.0. The number of carbonyl (C=O) groups excluding carboxylic acids is 1. The molecule has 0 saturated heterocycles. The minimum Gasteiger partial charge on any atom is -0.469 e. The lowest BCUT2D eigenvalue weighted by Crippen LogP contribution is -2.18. The Balaban J connectivity index is 1.89. The summed E-state index contributed by atoms with van der Waals surface area (Å²) in [5.74, 6) is 0.164. The summed E-state index contributed by atoms with van der Waals surface area (Å²) in [6, 6.07) is 8.81. The summed E-state index contributed by atoms with van der Waals surface area (Å²) in [5.41, 5.74) is 2.57. The molecule has 1 saturated carbocycles. The van der Waals surface area contributed by atoms with E-state index in [9.17, 15) is 9.90 Å². The fourth-order valence-corrected chi connectivity index (χ4v) is 4.77. The van der Waals surface area contributed by atoms with E-state index in [4.69, 9.17) is 11.6 Å². The first kappa shape index (κ1) is 24.0. The third-order valence-electron chi connectivity index (χ3n) is 6.04. The number of esters is 1. The zero-order valence-corrected chi connectivity index (χ0v) is 18.7. The molecule has 0 radical (unpaired) electrons. The van der Waals surface area contributed by atoms with Gasteiger partial charge in [-0.25, -0.2) is 0 Å². The number of ether oxygens (including phenoxy) is 1. The maximum Gasteiger partial charge on any atom is 0.305 e. The van der Waals surface area contributed by atoms with Crippen LogP contribution < -0.4 is 0 Å². The highest BCUT2D eigenvalue weighted by molar-refractivity contribution is 6.21. The molecule has 1 fully saturated rings. The van der Waals surface area contributed by atoms with Crippen LogP contribution in [0.25, 0.3) is 0 Å². The Hall–Kier alpha value is -1.32. The van der Waals surface area contributed by atoms with E-state index in [1.807, 2.05) is 0 Å². The van der Waals surface area contributed by atoms with E-state index in [0.29, 0.717) is 12.8 Å². The summed E-state index contributed by atoms with van der Waals surface area (Å²) in [7, 11) is 1.42. The number of halogens is 1. The van der Waals surface area contributed by atoms with Gasteiger partial charge >= 0.3 is 5.97 Å². The van der Waals surface area contributed by atoms with Gasteiger partial charge in [0.15, 0.2) is 0 Å². The Kier molecular flexibility index (Phi) is 10.8. The summed E-state index contributed by atoms with van der Waals surface area (Å²) in [6.45, 7) is 2.24. The van der Waals surface area contributed by atoms with Crippen LogP contribution in [0.1, 0.15) is 81.8 Å². The quantitative estimate of drug-likeness (QED) is 0.190. The molecule has 0 aromatic heterocycles. The molecule has 0 heterocycles. The van der Waals surface area contributed by atoms with Crippen molar-refractivity contribution in [3.8, 4) is 0 Å². The maximum absolute atomic E-state index is 11.2. The van der Waals surface area contributed by atoms with Crippen LogP contribution in [-0.4, -0.2) is 29.7 Å². The number of alkyl halides is 1. The van der Waals surface area contributed by atoms with Crippen LogP contribution in [0.15, 0.2) is 36.4 Å². The van der Waals surface area contributed by atoms with Gasteiger partial charge < -0.3 is 9.84 Å². The van der Waals surface area contributed by atoms with Gasteiger partial charge in [-0.15, -0.1) is 11.6 Å². The molecule has 4 heteroatoms. The highest BCUT2D eigenvalue weighted by Crippen LogP contribution is 2.44. The first-order valence-electron chi connectivity index (χ1n) is 11.2. The zero-order chi connectivity index (χ0) is 21.1. The van der Waals surface area contributed by atoms with Crippen LogP contribution in [0, 0.1) is 5.92 Å². The van der Waals surface area contributed by atoms with E-state index in [-0.39, 0.29) is 29.3 Å². The fourth-order valence-electron chi connectivity index (χ4n) is 4.33. The largest absolute Gasteiger partial charge is 0.469 e. The van der Waals surface area contributed by atoms with E-state index >= 15 is 0 Å². The normalized spacial score (nSPS) is 24.3. The monoisotopic (exact) mass is 420 g/mol. The van der Waals surface area contributed by atoms with Gasteiger partial charge in [0.05, 0.1) is 13.2 Å². The number of benzene rings is 1. The lowest BCUT2D eigenvalue weighted by molar-refractivity contribution is -0.140. The van der Waals surface area contributed by atoms with Gasteiger partial charge in [-0.05, 0) is 55.6 Å². The molecule has 1 N–H and O–H groups in total. The number of aliphatic hydroxyl groups is 1. The van der Waals surface area contributed by atoms with E-state index in [0.717, 1.165) is 25.7 Å². The molecule has 0 amide bonds. The summed E-state index contributed by atoms with van der Waals surface area (Å²) < 4.78 is 4.66. The Bertz CT molecular complexity index is 625. The molecule has 0 aliphatic heterocycles. The molecule has 4 atom stereocenters. The average Bonchev–Trinajstić information content (AvgIpc) is 3.01. The molecule has 1 aliphatic carbocycles. The van der Waals surface area contributed by atoms with Crippen LogP contribution >= 0.6 is 11.6 Å². The molecule has 1 aliphatic rings. The van der Waals surface area contributed by atoms with Gasteiger partial charge in [-0.1, -0.05) is 62.6 Å². The molecule has 2 rings (SSSR count). The third kappa shape index (κ3) is 7.79. The number of allylic oxidation sites excluding steroid dienone is 2. The van der Waals surface area contributed by atoms with Gasteiger partial charge in [0.1, 0.15) is 0 Å². The first-order valence-corrected chi connectivity index (χ1v) is 11.6. The minimum absolute atomic E-state index is 0.0107. The van der Waals surface area contributed by atoms with Crippen LogP contribution in [0.5, 0.6) is 0 Å². The second-order valence-electron chi connectivity index (χ2n) is 8.24. The van der Waals surface area contributed by atoms with Crippen molar-refractivity contribution >= 4 is 17.6 Å². The first-order chi connectivity index (χ1) is 14.1. The maximum atomic E-state index is 11.2. The average molecular weight is 421 g/mol. The highest BCUT2D eigenvalue weighted by Gasteiger charge is 2.41. The van der Waals surface area contributed by atoms with Crippen molar-refractivity contribution in [1.82, 2.24) is 0 Å². The van der Waals surface area contributed by atoms with E-state index in [2.05, 4.69) is 48.1 Å². The van der Waals surface area contributed by atoms with Crippen molar-refractivity contribution in [1.29, 1.82) is 0 Å². The van der Waals surface area contributed by atoms with Gasteiger partial charge in [0.2, 0.25) is 0 Å². The number of aliphatic hydroxyl groups excluding tert-OH is 1. The molecular formula is C25H37ClO3. The summed E-state index contributed by atoms with van der Waals surface area (Å²) in [6.07, 6.45) is 13.7. The van der Waals surface area contributed by atoms with Crippen molar-refractivity contribution in [3.05, 3.63) is 47.5 Å². The topological polar surface area (TPSA) is 46.5 Å². The molecule has 1 unspecified atom stereocenters. The smallest absolute Gasteiger partial charge is 0.305 e. The highest BCUT2D eigenvalue weighted by atomic mass is 35.5. The van der Waals surface area contributed by atoms with Gasteiger partial charge in [0, 0.05) is 17.7 Å². The minimum atomic E-state index is -0.384. The Morgan fingerprint density at radius 3 is 2.62 bits per heavy atom. The number of hydrogen-bond acceptors (Lipinski definition) is 3. The van der Waals surface area contributed by atoms with E-state index in [1.54, 1.807) is 0 Å². The lowest BCUT2D eigenvalue weighted by Gasteiger charge is -2.23. The number of unbranched alkanes of at least 4 members (excludes halogenated alkanes) is 4.